The molecule has 1 amide bonds. The Morgan fingerprint density at radius 3 is 2.50 bits per heavy atom. The third-order valence-corrected chi connectivity index (χ3v) is 4.85. The molecule has 2 aromatic rings. The average Bonchev–Trinajstić information content (AvgIpc) is 2.51. The highest BCUT2D eigenvalue weighted by molar-refractivity contribution is 7.99. The largest absolute Gasteiger partial charge is 0.497 e. The number of ether oxygens (including phenoxy) is 1. The van der Waals surface area contributed by atoms with Crippen molar-refractivity contribution in [3.05, 3.63) is 59.7 Å². The first-order chi connectivity index (χ1) is 9.70. The number of hydrogen-bond acceptors (Lipinski definition) is 3. The van der Waals surface area contributed by atoms with E-state index in [1.165, 1.54) is 0 Å². The summed E-state index contributed by atoms with van der Waals surface area (Å²) in [5, 5.41) is 0.00306. The molecule has 0 N–H and O–H groups in total. The molecule has 0 saturated carbocycles. The Morgan fingerprint density at radius 2 is 1.80 bits per heavy atom. The maximum atomic E-state index is 12.4. The lowest BCUT2D eigenvalue weighted by Gasteiger charge is -2.33. The van der Waals surface area contributed by atoms with Gasteiger partial charge in [0.2, 0.25) is 0 Å². The summed E-state index contributed by atoms with van der Waals surface area (Å²) >= 11 is 1.70. The van der Waals surface area contributed by atoms with Crippen molar-refractivity contribution in [1.29, 1.82) is 0 Å². The predicted octanol–water partition coefficient (Wildman–Crippen LogP) is 3.57. The Bertz CT molecular complexity index is 639. The van der Waals surface area contributed by atoms with Crippen molar-refractivity contribution in [1.82, 2.24) is 4.90 Å². The first kappa shape index (κ1) is 13.1. The van der Waals surface area contributed by atoms with Gasteiger partial charge in [0.05, 0.1) is 12.7 Å². The fourth-order valence-corrected chi connectivity index (χ4v) is 3.53. The zero-order valence-electron chi connectivity index (χ0n) is 11.4. The Kier molecular flexibility index (Phi) is 3.40. The second-order valence-corrected chi connectivity index (χ2v) is 5.78. The minimum Gasteiger partial charge on any atom is -0.497 e. The SMILES string of the molecule is COc1ccc(C2Sc3ccccc3C(=O)N2C)cc1. The van der Waals surface area contributed by atoms with Gasteiger partial charge >= 0.3 is 0 Å². The molecule has 0 spiro atoms. The molecule has 1 atom stereocenters. The van der Waals surface area contributed by atoms with Crippen LogP contribution in [0.5, 0.6) is 5.75 Å². The van der Waals surface area contributed by atoms with Gasteiger partial charge in [-0.05, 0) is 29.8 Å². The van der Waals surface area contributed by atoms with Crippen LogP contribution in [0.2, 0.25) is 0 Å². The molecule has 0 aromatic heterocycles. The normalized spacial score (nSPS) is 17.8. The van der Waals surface area contributed by atoms with E-state index in [0.717, 1.165) is 21.8 Å². The van der Waals surface area contributed by atoms with E-state index < -0.39 is 0 Å². The number of fused-ring (bicyclic) bond motifs is 1. The van der Waals surface area contributed by atoms with Crippen molar-refractivity contribution >= 4 is 17.7 Å². The van der Waals surface area contributed by atoms with E-state index in [9.17, 15) is 4.79 Å². The number of amides is 1. The van der Waals surface area contributed by atoms with E-state index in [4.69, 9.17) is 4.74 Å². The van der Waals surface area contributed by atoms with Gasteiger partial charge in [0.15, 0.2) is 0 Å². The smallest absolute Gasteiger partial charge is 0.255 e. The molecular formula is C16H15NO2S. The first-order valence-corrected chi connectivity index (χ1v) is 7.25. The zero-order valence-corrected chi connectivity index (χ0v) is 12.2. The van der Waals surface area contributed by atoms with Crippen LogP contribution < -0.4 is 4.74 Å². The fraction of sp³-hybridized carbons (Fsp3) is 0.188. The monoisotopic (exact) mass is 285 g/mol. The van der Waals surface area contributed by atoms with Gasteiger partial charge in [0.25, 0.3) is 5.91 Å². The van der Waals surface area contributed by atoms with Crippen molar-refractivity contribution < 1.29 is 9.53 Å². The average molecular weight is 285 g/mol. The molecule has 3 rings (SSSR count). The summed E-state index contributed by atoms with van der Waals surface area (Å²) in [6.07, 6.45) is 0. The second-order valence-electron chi connectivity index (χ2n) is 4.66. The fourth-order valence-electron chi connectivity index (χ4n) is 2.30. The molecule has 1 aliphatic heterocycles. The van der Waals surface area contributed by atoms with Crippen molar-refractivity contribution in [2.45, 2.75) is 10.3 Å². The first-order valence-electron chi connectivity index (χ1n) is 6.37. The van der Waals surface area contributed by atoms with E-state index in [2.05, 4.69) is 0 Å². The maximum Gasteiger partial charge on any atom is 0.255 e. The minimum absolute atomic E-state index is 0.00306. The summed E-state index contributed by atoms with van der Waals surface area (Å²) in [5.41, 5.74) is 1.88. The lowest BCUT2D eigenvalue weighted by Crippen LogP contribution is -2.33. The molecule has 1 aliphatic rings. The van der Waals surface area contributed by atoms with Crippen LogP contribution in [0.1, 0.15) is 21.3 Å². The highest BCUT2D eigenvalue weighted by Gasteiger charge is 2.31. The number of nitrogens with zero attached hydrogens (tertiary/aromatic N) is 1. The molecule has 0 saturated heterocycles. The summed E-state index contributed by atoms with van der Waals surface area (Å²) in [6.45, 7) is 0. The summed E-state index contributed by atoms with van der Waals surface area (Å²) in [6, 6.07) is 15.6. The highest BCUT2D eigenvalue weighted by Crippen LogP contribution is 2.43. The number of hydrogen-bond donors (Lipinski definition) is 0. The van der Waals surface area contributed by atoms with Crippen molar-refractivity contribution in [3.8, 4) is 5.75 Å². The Labute approximate surface area is 122 Å². The van der Waals surface area contributed by atoms with Gasteiger partial charge < -0.3 is 9.64 Å². The Morgan fingerprint density at radius 1 is 1.10 bits per heavy atom. The van der Waals surface area contributed by atoms with Gasteiger partial charge in [0, 0.05) is 11.9 Å². The lowest BCUT2D eigenvalue weighted by molar-refractivity contribution is 0.0770. The van der Waals surface area contributed by atoms with Gasteiger partial charge in [-0.15, -0.1) is 0 Å². The molecule has 0 radical (unpaired) electrons. The number of carbonyl (C=O) groups is 1. The summed E-state index contributed by atoms with van der Waals surface area (Å²) in [5.74, 6) is 0.893. The molecule has 3 nitrogen and oxygen atoms in total. The predicted molar refractivity (Wildman–Crippen MR) is 80.1 cm³/mol. The van der Waals surface area contributed by atoms with Crippen LogP contribution in [0.15, 0.2) is 53.4 Å². The number of methoxy groups -OCH3 is 1. The molecule has 0 fully saturated rings. The van der Waals surface area contributed by atoms with Gasteiger partial charge in [0.1, 0.15) is 11.1 Å². The highest BCUT2D eigenvalue weighted by atomic mass is 32.2. The van der Waals surface area contributed by atoms with Gasteiger partial charge in [-0.2, -0.15) is 0 Å². The van der Waals surface area contributed by atoms with Crippen molar-refractivity contribution in [3.63, 3.8) is 0 Å². The molecule has 102 valence electrons. The van der Waals surface area contributed by atoms with Crippen LogP contribution in [0.25, 0.3) is 0 Å². The van der Waals surface area contributed by atoms with Crippen LogP contribution in [0.4, 0.5) is 0 Å². The van der Waals surface area contributed by atoms with Gasteiger partial charge in [-0.25, -0.2) is 0 Å². The summed E-state index contributed by atoms with van der Waals surface area (Å²) in [4.78, 5) is 15.2. The van der Waals surface area contributed by atoms with E-state index in [-0.39, 0.29) is 11.3 Å². The molecule has 0 bridgehead atoms. The van der Waals surface area contributed by atoms with E-state index in [0.29, 0.717) is 0 Å². The second kappa shape index (κ2) is 5.21. The zero-order chi connectivity index (χ0) is 14.1. The lowest BCUT2D eigenvalue weighted by atomic mass is 10.1. The van der Waals surface area contributed by atoms with Crippen LogP contribution in [-0.2, 0) is 0 Å². The van der Waals surface area contributed by atoms with Gasteiger partial charge in [-0.3, -0.25) is 4.79 Å². The van der Waals surface area contributed by atoms with Gasteiger partial charge in [-0.1, -0.05) is 36.0 Å². The third-order valence-electron chi connectivity index (χ3n) is 3.43. The molecule has 1 heterocycles. The number of thioether (sulfide) groups is 1. The standard InChI is InChI=1S/C16H15NO2S/c1-17-15(18)13-5-3-4-6-14(13)20-16(17)11-7-9-12(19-2)10-8-11/h3-10,16H,1-2H3. The van der Waals surface area contributed by atoms with E-state index >= 15 is 0 Å². The van der Waals surface area contributed by atoms with Crippen LogP contribution in [-0.4, -0.2) is 25.0 Å². The summed E-state index contributed by atoms with van der Waals surface area (Å²) in [7, 11) is 3.50. The summed E-state index contributed by atoms with van der Waals surface area (Å²) < 4.78 is 5.17. The number of carbonyl (C=O) groups excluding carboxylic acids is 1. The minimum atomic E-state index is 0.00306. The molecular weight excluding hydrogens is 270 g/mol. The third kappa shape index (κ3) is 2.16. The molecule has 0 aliphatic carbocycles. The van der Waals surface area contributed by atoms with Crippen molar-refractivity contribution in [2.75, 3.05) is 14.2 Å². The van der Waals surface area contributed by atoms with Crippen LogP contribution in [0.3, 0.4) is 0 Å². The van der Waals surface area contributed by atoms with E-state index in [1.54, 1.807) is 23.8 Å². The molecule has 2 aromatic carbocycles. The molecule has 4 heteroatoms. The number of benzene rings is 2. The molecule has 1 unspecified atom stereocenters. The molecule has 20 heavy (non-hydrogen) atoms. The van der Waals surface area contributed by atoms with E-state index in [1.807, 2.05) is 55.6 Å². The Hall–Kier alpha value is -1.94. The number of rotatable bonds is 2. The van der Waals surface area contributed by atoms with Crippen molar-refractivity contribution in [2.24, 2.45) is 0 Å². The quantitative estimate of drug-likeness (QED) is 0.845. The Balaban J connectivity index is 1.97. The van der Waals surface area contributed by atoms with Crippen LogP contribution in [0, 0.1) is 0 Å². The van der Waals surface area contributed by atoms with Crippen LogP contribution >= 0.6 is 11.8 Å². The maximum absolute atomic E-state index is 12.4. The topological polar surface area (TPSA) is 29.5 Å².